The Morgan fingerprint density at radius 2 is 2.09 bits per heavy atom. The lowest BCUT2D eigenvalue weighted by Crippen LogP contribution is -2.32. The number of amides is 1. The summed E-state index contributed by atoms with van der Waals surface area (Å²) in [6.45, 7) is 7.38. The van der Waals surface area contributed by atoms with Gasteiger partial charge >= 0.3 is 0 Å². The molecule has 0 N–H and O–H groups in total. The highest BCUT2D eigenvalue weighted by molar-refractivity contribution is 7.09. The van der Waals surface area contributed by atoms with Crippen LogP contribution in [0, 0.1) is 6.92 Å². The van der Waals surface area contributed by atoms with Crippen molar-refractivity contribution in [2.24, 2.45) is 0 Å². The zero-order chi connectivity index (χ0) is 17.0. The number of nitrogens with zero attached hydrogens (tertiary/aromatic N) is 7. The molecule has 0 spiro atoms. The number of aryl methyl sites for hydroxylation is 1. The molecule has 1 amide bonds. The summed E-state index contributed by atoms with van der Waals surface area (Å²) in [5.74, 6) is 0.645. The first kappa shape index (κ1) is 17.5. The lowest BCUT2D eigenvalue weighted by atomic mass is 10.3. The molecule has 0 aromatic carbocycles. The molecule has 0 aliphatic rings. The molecule has 8 nitrogen and oxygen atoms in total. The molecular formula is C14H23N7OS. The van der Waals surface area contributed by atoms with Gasteiger partial charge in [-0.05, 0) is 38.2 Å². The van der Waals surface area contributed by atoms with E-state index in [0.717, 1.165) is 10.7 Å². The van der Waals surface area contributed by atoms with Gasteiger partial charge in [-0.25, -0.2) is 9.67 Å². The van der Waals surface area contributed by atoms with Crippen LogP contribution in [0.4, 0.5) is 0 Å². The van der Waals surface area contributed by atoms with Crippen molar-refractivity contribution in [3.05, 3.63) is 21.9 Å². The molecule has 0 atom stereocenters. The largest absolute Gasteiger partial charge is 0.337 e. The first-order valence-corrected chi connectivity index (χ1v) is 8.35. The van der Waals surface area contributed by atoms with Gasteiger partial charge in [-0.15, -0.1) is 16.4 Å². The summed E-state index contributed by atoms with van der Waals surface area (Å²) in [5, 5.41) is 14.5. The Labute approximate surface area is 140 Å². The molecule has 0 unspecified atom stereocenters. The van der Waals surface area contributed by atoms with Gasteiger partial charge in [0, 0.05) is 24.2 Å². The molecule has 2 heterocycles. The highest BCUT2D eigenvalue weighted by Crippen LogP contribution is 2.11. The number of carbonyl (C=O) groups excluding carboxylic acids is 1. The second kappa shape index (κ2) is 7.60. The van der Waals surface area contributed by atoms with Gasteiger partial charge < -0.3 is 4.90 Å². The molecule has 0 radical (unpaired) electrons. The molecule has 0 aliphatic carbocycles. The summed E-state index contributed by atoms with van der Waals surface area (Å²) >= 11 is 1.56. The summed E-state index contributed by atoms with van der Waals surface area (Å²) in [7, 11) is 3.77. The van der Waals surface area contributed by atoms with Crippen LogP contribution in [-0.4, -0.2) is 61.0 Å². The third kappa shape index (κ3) is 4.80. The molecule has 23 heavy (non-hydrogen) atoms. The first-order chi connectivity index (χ1) is 10.9. The van der Waals surface area contributed by atoms with Crippen LogP contribution in [0.15, 0.2) is 5.38 Å². The van der Waals surface area contributed by atoms with Crippen molar-refractivity contribution in [3.8, 4) is 0 Å². The summed E-state index contributed by atoms with van der Waals surface area (Å²) in [6.07, 6.45) is 0. The quantitative estimate of drug-likeness (QED) is 0.748. The van der Waals surface area contributed by atoms with Crippen molar-refractivity contribution in [1.29, 1.82) is 0 Å². The number of thiazole rings is 1. The molecule has 2 aromatic heterocycles. The Balaban J connectivity index is 1.96. The van der Waals surface area contributed by atoms with E-state index in [1.165, 1.54) is 0 Å². The van der Waals surface area contributed by atoms with E-state index < -0.39 is 0 Å². The van der Waals surface area contributed by atoms with E-state index in [0.29, 0.717) is 25.0 Å². The van der Waals surface area contributed by atoms with Crippen LogP contribution in [-0.2, 0) is 24.4 Å². The second-order valence-electron chi connectivity index (χ2n) is 5.89. The van der Waals surface area contributed by atoms with Crippen molar-refractivity contribution in [3.63, 3.8) is 0 Å². The van der Waals surface area contributed by atoms with E-state index in [-0.39, 0.29) is 12.5 Å². The maximum Gasteiger partial charge on any atom is 0.244 e. The zero-order valence-corrected chi connectivity index (χ0v) is 15.0. The lowest BCUT2D eigenvalue weighted by molar-refractivity contribution is -0.131. The Kier molecular flexibility index (Phi) is 5.78. The Bertz CT molecular complexity index is 651. The fourth-order valence-corrected chi connectivity index (χ4v) is 2.70. The standard InChI is InChI=1S/C14H23N7OS/c1-10(2)19(4)6-12-16-17-18-21(12)8-14(22)20(5)7-13-15-11(3)9-23-13/h9-10H,6-8H2,1-5H3. The van der Waals surface area contributed by atoms with Gasteiger partial charge in [0.05, 0.1) is 13.1 Å². The molecule has 0 aliphatic heterocycles. The van der Waals surface area contributed by atoms with Crippen LogP contribution in [0.5, 0.6) is 0 Å². The highest BCUT2D eigenvalue weighted by Gasteiger charge is 2.17. The van der Waals surface area contributed by atoms with E-state index in [1.807, 2.05) is 19.4 Å². The van der Waals surface area contributed by atoms with Crippen LogP contribution < -0.4 is 0 Å². The Morgan fingerprint density at radius 1 is 1.35 bits per heavy atom. The van der Waals surface area contributed by atoms with Gasteiger partial charge in [-0.2, -0.15) is 0 Å². The molecule has 9 heteroatoms. The summed E-state index contributed by atoms with van der Waals surface area (Å²) < 4.78 is 1.56. The van der Waals surface area contributed by atoms with Gasteiger partial charge in [0.2, 0.25) is 5.91 Å². The summed E-state index contributed by atoms with van der Waals surface area (Å²) in [4.78, 5) is 20.5. The van der Waals surface area contributed by atoms with Crippen molar-refractivity contribution in [2.75, 3.05) is 14.1 Å². The van der Waals surface area contributed by atoms with E-state index in [9.17, 15) is 4.79 Å². The van der Waals surface area contributed by atoms with Crippen molar-refractivity contribution < 1.29 is 4.79 Å². The van der Waals surface area contributed by atoms with Crippen LogP contribution in [0.1, 0.15) is 30.4 Å². The molecule has 0 saturated carbocycles. The van der Waals surface area contributed by atoms with Gasteiger partial charge in [0.1, 0.15) is 11.6 Å². The van der Waals surface area contributed by atoms with Crippen LogP contribution in [0.25, 0.3) is 0 Å². The molecule has 2 rings (SSSR count). The van der Waals surface area contributed by atoms with E-state index >= 15 is 0 Å². The maximum absolute atomic E-state index is 12.4. The van der Waals surface area contributed by atoms with Crippen LogP contribution in [0.2, 0.25) is 0 Å². The van der Waals surface area contributed by atoms with Crippen molar-refractivity contribution in [1.82, 2.24) is 35.0 Å². The molecule has 0 bridgehead atoms. The number of tetrazole rings is 1. The molecular weight excluding hydrogens is 314 g/mol. The third-order valence-electron chi connectivity index (χ3n) is 3.63. The smallest absolute Gasteiger partial charge is 0.244 e. The fourth-order valence-electron chi connectivity index (χ4n) is 1.88. The maximum atomic E-state index is 12.4. The number of likely N-dealkylation sites (N-methyl/N-ethyl adjacent to an activating group) is 1. The molecule has 0 fully saturated rings. The number of carbonyl (C=O) groups is 1. The number of hydrogen-bond donors (Lipinski definition) is 0. The van der Waals surface area contributed by atoms with Crippen LogP contribution in [0.3, 0.4) is 0 Å². The Hall–Kier alpha value is -1.87. The minimum atomic E-state index is -0.0430. The number of rotatable bonds is 7. The van der Waals surface area contributed by atoms with Crippen LogP contribution >= 0.6 is 11.3 Å². The monoisotopic (exact) mass is 337 g/mol. The summed E-state index contributed by atoms with van der Waals surface area (Å²) in [5.41, 5.74) is 0.977. The zero-order valence-electron chi connectivity index (χ0n) is 14.2. The average molecular weight is 337 g/mol. The molecule has 2 aromatic rings. The normalized spacial score (nSPS) is 11.4. The van der Waals surface area contributed by atoms with E-state index in [1.54, 1.807) is 28.0 Å². The third-order valence-corrected chi connectivity index (χ3v) is 4.58. The van der Waals surface area contributed by atoms with Gasteiger partial charge in [0.25, 0.3) is 0 Å². The second-order valence-corrected chi connectivity index (χ2v) is 6.84. The SMILES string of the molecule is Cc1csc(CN(C)C(=O)Cn2nnnc2CN(C)C(C)C)n1. The number of hydrogen-bond acceptors (Lipinski definition) is 7. The highest BCUT2D eigenvalue weighted by atomic mass is 32.1. The minimum absolute atomic E-state index is 0.0430. The summed E-state index contributed by atoms with van der Waals surface area (Å²) in [6, 6.07) is 0.381. The van der Waals surface area contributed by atoms with Crippen molar-refractivity contribution >= 4 is 17.2 Å². The van der Waals surface area contributed by atoms with E-state index in [2.05, 4.69) is 39.3 Å². The molecule has 0 saturated heterocycles. The number of aromatic nitrogens is 5. The average Bonchev–Trinajstić information content (AvgIpc) is 3.08. The van der Waals surface area contributed by atoms with Gasteiger partial charge in [-0.1, -0.05) is 0 Å². The van der Waals surface area contributed by atoms with Gasteiger partial charge in [-0.3, -0.25) is 9.69 Å². The van der Waals surface area contributed by atoms with E-state index in [4.69, 9.17) is 0 Å². The lowest BCUT2D eigenvalue weighted by Gasteiger charge is -2.20. The molecule has 126 valence electrons. The predicted molar refractivity (Wildman–Crippen MR) is 87.7 cm³/mol. The van der Waals surface area contributed by atoms with Crippen molar-refractivity contribution in [2.45, 2.75) is 46.4 Å². The Morgan fingerprint density at radius 3 is 2.70 bits per heavy atom. The van der Waals surface area contributed by atoms with Gasteiger partial charge in [0.15, 0.2) is 5.82 Å². The minimum Gasteiger partial charge on any atom is -0.337 e. The topological polar surface area (TPSA) is 80.0 Å². The fraction of sp³-hybridized carbons (Fsp3) is 0.643. The predicted octanol–water partition coefficient (Wildman–Crippen LogP) is 0.937. The first-order valence-electron chi connectivity index (χ1n) is 7.47.